The van der Waals surface area contributed by atoms with Crippen LogP contribution in [-0.2, 0) is 22.9 Å². The average molecular weight is 290 g/mol. The summed E-state index contributed by atoms with van der Waals surface area (Å²) in [6.45, 7) is 0. The van der Waals surface area contributed by atoms with Crippen molar-refractivity contribution in [1.82, 2.24) is 4.72 Å². The van der Waals surface area contributed by atoms with Gasteiger partial charge in [-0.25, -0.2) is 13.1 Å². The number of benzene rings is 1. The molecule has 0 amide bonds. The summed E-state index contributed by atoms with van der Waals surface area (Å²) in [5, 5.41) is 0. The Morgan fingerprint density at radius 1 is 1.27 bits per heavy atom. The lowest BCUT2D eigenvalue weighted by atomic mass is 10.1. The topological polar surface area (TPSA) is 46.2 Å². The van der Waals surface area contributed by atoms with Gasteiger partial charge in [0.1, 0.15) is 4.66 Å². The zero-order chi connectivity index (χ0) is 10.9. The van der Waals surface area contributed by atoms with E-state index < -0.39 is 10.0 Å². The van der Waals surface area contributed by atoms with Crippen LogP contribution in [0.4, 0.5) is 0 Å². The minimum Gasteiger partial charge on any atom is -0.212 e. The smallest absolute Gasteiger partial charge is 0.212 e. The SMILES string of the molecule is O=S(=O)(CBr)NC1Cc2ccccc2C1. The average Bonchev–Trinajstić information content (AvgIpc) is 2.58. The first kappa shape index (κ1) is 11.1. The Morgan fingerprint density at radius 3 is 2.27 bits per heavy atom. The number of nitrogens with one attached hydrogen (secondary N) is 1. The van der Waals surface area contributed by atoms with Gasteiger partial charge in [0.15, 0.2) is 0 Å². The first-order chi connectivity index (χ1) is 7.11. The number of sulfonamides is 1. The second kappa shape index (κ2) is 4.23. The highest BCUT2D eigenvalue weighted by atomic mass is 79.9. The Bertz CT molecular complexity index is 433. The van der Waals surface area contributed by atoms with E-state index in [1.54, 1.807) is 0 Å². The molecule has 0 atom stereocenters. The molecule has 0 unspecified atom stereocenters. The molecule has 1 N–H and O–H groups in total. The normalized spacial score (nSPS) is 16.6. The van der Waals surface area contributed by atoms with Crippen molar-refractivity contribution in [3.63, 3.8) is 0 Å². The quantitative estimate of drug-likeness (QED) is 0.856. The van der Waals surface area contributed by atoms with Gasteiger partial charge in [0.25, 0.3) is 0 Å². The van der Waals surface area contributed by atoms with Crippen LogP contribution in [0.3, 0.4) is 0 Å². The Morgan fingerprint density at radius 2 is 1.80 bits per heavy atom. The maximum atomic E-state index is 11.3. The second-order valence-corrected chi connectivity index (χ2v) is 6.77. The number of hydrogen-bond donors (Lipinski definition) is 1. The van der Waals surface area contributed by atoms with Crippen LogP contribution in [0.1, 0.15) is 11.1 Å². The fraction of sp³-hybridized carbons (Fsp3) is 0.400. The molecule has 5 heteroatoms. The van der Waals surface area contributed by atoms with Gasteiger partial charge >= 0.3 is 0 Å². The zero-order valence-corrected chi connectivity index (χ0v) is 10.5. The monoisotopic (exact) mass is 289 g/mol. The molecule has 1 aromatic rings. The van der Waals surface area contributed by atoms with E-state index >= 15 is 0 Å². The molecule has 3 nitrogen and oxygen atoms in total. The van der Waals surface area contributed by atoms with Gasteiger partial charge in [0, 0.05) is 6.04 Å². The molecular weight excluding hydrogens is 278 g/mol. The fourth-order valence-corrected chi connectivity index (χ4v) is 3.06. The van der Waals surface area contributed by atoms with Gasteiger partial charge in [0.2, 0.25) is 10.0 Å². The summed E-state index contributed by atoms with van der Waals surface area (Å²) < 4.78 is 25.3. The van der Waals surface area contributed by atoms with Crippen LogP contribution >= 0.6 is 15.9 Å². The van der Waals surface area contributed by atoms with Crippen molar-refractivity contribution in [1.29, 1.82) is 0 Å². The molecule has 0 saturated carbocycles. The van der Waals surface area contributed by atoms with Crippen LogP contribution in [0.5, 0.6) is 0 Å². The maximum Gasteiger partial charge on any atom is 0.221 e. The lowest BCUT2D eigenvalue weighted by molar-refractivity contribution is 0.560. The first-order valence-electron chi connectivity index (χ1n) is 4.73. The van der Waals surface area contributed by atoms with Crippen molar-refractivity contribution in [2.75, 3.05) is 4.66 Å². The number of fused-ring (bicyclic) bond motifs is 1. The van der Waals surface area contributed by atoms with Crippen molar-refractivity contribution >= 4 is 26.0 Å². The third-order valence-corrected chi connectivity index (χ3v) is 5.33. The van der Waals surface area contributed by atoms with Crippen molar-refractivity contribution in [3.05, 3.63) is 35.4 Å². The van der Waals surface area contributed by atoms with Crippen LogP contribution in [0, 0.1) is 0 Å². The van der Waals surface area contributed by atoms with Crippen molar-refractivity contribution in [2.24, 2.45) is 0 Å². The highest BCUT2D eigenvalue weighted by Gasteiger charge is 2.24. The molecule has 0 aromatic heterocycles. The van der Waals surface area contributed by atoms with E-state index in [1.807, 2.05) is 12.1 Å². The molecule has 82 valence electrons. The minimum absolute atomic E-state index is 0.0185. The van der Waals surface area contributed by atoms with E-state index in [-0.39, 0.29) is 10.7 Å². The maximum absolute atomic E-state index is 11.3. The molecule has 0 heterocycles. The number of rotatable bonds is 3. The lowest BCUT2D eigenvalue weighted by Gasteiger charge is -2.10. The molecule has 1 aliphatic rings. The molecule has 0 radical (unpaired) electrons. The summed E-state index contributed by atoms with van der Waals surface area (Å²) in [7, 11) is -3.15. The largest absolute Gasteiger partial charge is 0.221 e. The highest BCUT2D eigenvalue weighted by Crippen LogP contribution is 2.22. The van der Waals surface area contributed by atoms with Crippen molar-refractivity contribution in [2.45, 2.75) is 18.9 Å². The fourth-order valence-electron chi connectivity index (χ4n) is 1.93. The van der Waals surface area contributed by atoms with Crippen molar-refractivity contribution < 1.29 is 8.42 Å². The lowest BCUT2D eigenvalue weighted by Crippen LogP contribution is -2.35. The van der Waals surface area contributed by atoms with Gasteiger partial charge in [-0.05, 0) is 24.0 Å². The molecule has 15 heavy (non-hydrogen) atoms. The van der Waals surface area contributed by atoms with Gasteiger partial charge in [-0.15, -0.1) is 0 Å². The molecule has 1 aromatic carbocycles. The summed E-state index contributed by atoms with van der Waals surface area (Å²) in [5.74, 6) is 0. The molecule has 0 fully saturated rings. The molecular formula is C10H12BrNO2S. The highest BCUT2D eigenvalue weighted by molar-refractivity contribution is 9.10. The van der Waals surface area contributed by atoms with E-state index in [1.165, 1.54) is 11.1 Å². The third-order valence-electron chi connectivity index (χ3n) is 2.54. The first-order valence-corrected chi connectivity index (χ1v) is 7.51. The minimum atomic E-state index is -3.15. The predicted octanol–water partition coefficient (Wildman–Crippen LogP) is 1.43. The van der Waals surface area contributed by atoms with Gasteiger partial charge in [-0.2, -0.15) is 0 Å². The number of halogens is 1. The van der Waals surface area contributed by atoms with Crippen LogP contribution in [0.25, 0.3) is 0 Å². The van der Waals surface area contributed by atoms with E-state index in [2.05, 4.69) is 32.8 Å². The Labute approximate surface area is 98.1 Å². The van der Waals surface area contributed by atoms with E-state index in [9.17, 15) is 8.42 Å². The van der Waals surface area contributed by atoms with E-state index in [0.717, 1.165) is 12.8 Å². The third kappa shape index (κ3) is 2.59. The number of hydrogen-bond acceptors (Lipinski definition) is 2. The summed E-state index contributed by atoms with van der Waals surface area (Å²) >= 11 is 2.96. The zero-order valence-electron chi connectivity index (χ0n) is 8.11. The van der Waals surface area contributed by atoms with Gasteiger partial charge in [-0.1, -0.05) is 40.2 Å². The van der Waals surface area contributed by atoms with Crippen LogP contribution in [-0.4, -0.2) is 19.1 Å². The summed E-state index contributed by atoms with van der Waals surface area (Å²) in [4.78, 5) is 0. The van der Waals surface area contributed by atoms with Crippen LogP contribution < -0.4 is 4.72 Å². The number of alkyl halides is 1. The Kier molecular flexibility index (Phi) is 3.13. The molecule has 2 rings (SSSR count). The van der Waals surface area contributed by atoms with Gasteiger partial charge in [-0.3, -0.25) is 0 Å². The Hall–Kier alpha value is -0.390. The Balaban J connectivity index is 2.08. The summed E-state index contributed by atoms with van der Waals surface area (Å²) in [5.41, 5.74) is 2.50. The molecule has 1 aliphatic carbocycles. The van der Waals surface area contributed by atoms with E-state index in [0.29, 0.717) is 0 Å². The van der Waals surface area contributed by atoms with E-state index in [4.69, 9.17) is 0 Å². The van der Waals surface area contributed by atoms with Gasteiger partial charge < -0.3 is 0 Å². The standard InChI is InChI=1S/C10H12BrNO2S/c11-7-15(13,14)12-10-5-8-3-1-2-4-9(8)6-10/h1-4,10,12H,5-7H2. The van der Waals surface area contributed by atoms with Crippen molar-refractivity contribution in [3.8, 4) is 0 Å². The second-order valence-electron chi connectivity index (χ2n) is 3.72. The summed E-state index contributed by atoms with van der Waals surface area (Å²) in [6, 6.07) is 8.10. The summed E-state index contributed by atoms with van der Waals surface area (Å²) in [6.07, 6.45) is 1.59. The molecule has 0 saturated heterocycles. The van der Waals surface area contributed by atoms with Crippen LogP contribution in [0.2, 0.25) is 0 Å². The van der Waals surface area contributed by atoms with Crippen LogP contribution in [0.15, 0.2) is 24.3 Å². The molecule has 0 aliphatic heterocycles. The van der Waals surface area contributed by atoms with Gasteiger partial charge in [0.05, 0.1) is 0 Å². The molecule has 0 bridgehead atoms. The predicted molar refractivity (Wildman–Crippen MR) is 63.5 cm³/mol. The molecule has 0 spiro atoms.